The van der Waals surface area contributed by atoms with Crippen molar-refractivity contribution in [3.63, 3.8) is 0 Å². The maximum absolute atomic E-state index is 11.5. The van der Waals surface area contributed by atoms with E-state index in [2.05, 4.69) is 15.5 Å². The van der Waals surface area contributed by atoms with Gasteiger partial charge in [-0.15, -0.1) is 0 Å². The van der Waals surface area contributed by atoms with Gasteiger partial charge in [-0.25, -0.2) is 4.79 Å². The Kier molecular flexibility index (Phi) is 4.72. The Labute approximate surface area is 107 Å². The van der Waals surface area contributed by atoms with Gasteiger partial charge >= 0.3 is 6.09 Å². The van der Waals surface area contributed by atoms with Crippen LogP contribution >= 0.6 is 0 Å². The molecule has 0 aromatic carbocycles. The number of nitrogens with two attached hydrogens (primary N) is 1. The number of nitrogens with zero attached hydrogens (tertiary/aromatic N) is 1. The Morgan fingerprint density at radius 2 is 2.28 bits per heavy atom. The lowest BCUT2D eigenvalue weighted by Crippen LogP contribution is -2.36. The monoisotopic (exact) mass is 254 g/mol. The van der Waals surface area contributed by atoms with E-state index in [1.807, 2.05) is 33.8 Å². The van der Waals surface area contributed by atoms with Gasteiger partial charge in [0.15, 0.2) is 0 Å². The largest absolute Gasteiger partial charge is 0.444 e. The second kappa shape index (κ2) is 5.86. The molecule has 0 aliphatic carbocycles. The van der Waals surface area contributed by atoms with Crippen LogP contribution in [0.25, 0.3) is 0 Å². The maximum atomic E-state index is 11.5. The molecule has 0 aliphatic rings. The molecule has 1 aromatic rings. The number of hydrogen-bond acceptors (Lipinski definition) is 4. The van der Waals surface area contributed by atoms with Gasteiger partial charge in [0, 0.05) is 24.7 Å². The third-order valence-electron chi connectivity index (χ3n) is 2.32. The number of aromatic nitrogens is 2. The Bertz CT molecular complexity index is 395. The quantitative estimate of drug-likeness (QED) is 0.754. The van der Waals surface area contributed by atoms with Crippen molar-refractivity contribution in [2.24, 2.45) is 5.73 Å². The highest BCUT2D eigenvalue weighted by Crippen LogP contribution is 2.12. The van der Waals surface area contributed by atoms with Gasteiger partial charge in [0.05, 0.1) is 5.69 Å². The van der Waals surface area contributed by atoms with Crippen molar-refractivity contribution in [1.82, 2.24) is 15.5 Å². The molecule has 1 aromatic heterocycles. The molecule has 1 amide bonds. The van der Waals surface area contributed by atoms with Crippen LogP contribution in [0.2, 0.25) is 0 Å². The van der Waals surface area contributed by atoms with Crippen LogP contribution in [0.3, 0.4) is 0 Å². The summed E-state index contributed by atoms with van der Waals surface area (Å²) in [7, 11) is 0. The van der Waals surface area contributed by atoms with Crippen LogP contribution in [0, 0.1) is 6.92 Å². The van der Waals surface area contributed by atoms with Crippen LogP contribution in [-0.2, 0) is 4.74 Å². The van der Waals surface area contributed by atoms with Crippen LogP contribution in [0.1, 0.15) is 38.1 Å². The number of hydrogen-bond donors (Lipinski definition) is 3. The van der Waals surface area contributed by atoms with Crippen molar-refractivity contribution in [1.29, 1.82) is 0 Å². The molecule has 0 fully saturated rings. The highest BCUT2D eigenvalue weighted by Gasteiger charge is 2.18. The van der Waals surface area contributed by atoms with Crippen LogP contribution in [0.5, 0.6) is 0 Å². The van der Waals surface area contributed by atoms with Gasteiger partial charge < -0.3 is 15.8 Å². The van der Waals surface area contributed by atoms with Crippen molar-refractivity contribution in [3.8, 4) is 0 Å². The minimum absolute atomic E-state index is 0.0116. The Morgan fingerprint density at radius 1 is 1.61 bits per heavy atom. The van der Waals surface area contributed by atoms with Gasteiger partial charge in [-0.3, -0.25) is 5.10 Å². The average molecular weight is 254 g/mol. The number of ether oxygens (including phenoxy) is 1. The van der Waals surface area contributed by atoms with Crippen molar-refractivity contribution in [3.05, 3.63) is 17.5 Å². The molecule has 1 atom stereocenters. The van der Waals surface area contributed by atoms with E-state index in [1.165, 1.54) is 0 Å². The van der Waals surface area contributed by atoms with Crippen LogP contribution in [0.4, 0.5) is 4.79 Å². The lowest BCUT2D eigenvalue weighted by atomic mass is 10.1. The van der Waals surface area contributed by atoms with E-state index in [0.717, 1.165) is 11.4 Å². The first-order valence-corrected chi connectivity index (χ1v) is 6.00. The summed E-state index contributed by atoms with van der Waals surface area (Å²) in [5.74, 6) is -0.0116. The Hall–Kier alpha value is -1.56. The summed E-state index contributed by atoms with van der Waals surface area (Å²) < 4.78 is 5.15. The molecule has 1 unspecified atom stereocenters. The predicted octanol–water partition coefficient (Wildman–Crippen LogP) is 1.29. The van der Waals surface area contributed by atoms with Crippen LogP contribution < -0.4 is 11.1 Å². The molecular weight excluding hydrogens is 232 g/mol. The van der Waals surface area contributed by atoms with Crippen molar-refractivity contribution in [2.45, 2.75) is 39.2 Å². The fourth-order valence-corrected chi connectivity index (χ4v) is 1.48. The molecule has 1 heterocycles. The molecule has 18 heavy (non-hydrogen) atoms. The Morgan fingerprint density at radius 3 is 2.72 bits per heavy atom. The van der Waals surface area contributed by atoms with Gasteiger partial charge in [0.2, 0.25) is 0 Å². The van der Waals surface area contributed by atoms with E-state index < -0.39 is 11.7 Å². The van der Waals surface area contributed by atoms with E-state index in [9.17, 15) is 4.79 Å². The van der Waals surface area contributed by atoms with Gasteiger partial charge in [-0.1, -0.05) is 0 Å². The number of aromatic amines is 1. The van der Waals surface area contributed by atoms with Gasteiger partial charge in [0.25, 0.3) is 0 Å². The number of alkyl carbamates (subject to hydrolysis) is 1. The molecular formula is C12H22N4O2. The number of rotatable bonds is 4. The van der Waals surface area contributed by atoms with E-state index in [-0.39, 0.29) is 5.92 Å². The number of carbonyl (C=O) groups excluding carboxylic acids is 1. The highest BCUT2D eigenvalue weighted by molar-refractivity contribution is 5.67. The van der Waals surface area contributed by atoms with E-state index in [1.54, 1.807) is 0 Å². The smallest absolute Gasteiger partial charge is 0.407 e. The normalized spacial score (nSPS) is 13.2. The first-order chi connectivity index (χ1) is 8.31. The number of aryl methyl sites for hydroxylation is 1. The van der Waals surface area contributed by atoms with Crippen LogP contribution in [0.15, 0.2) is 6.07 Å². The zero-order chi connectivity index (χ0) is 13.8. The molecule has 0 saturated heterocycles. The fourth-order valence-electron chi connectivity index (χ4n) is 1.48. The minimum atomic E-state index is -0.495. The number of nitrogens with one attached hydrogen (secondary N) is 2. The molecule has 0 saturated carbocycles. The fraction of sp³-hybridized carbons (Fsp3) is 0.667. The SMILES string of the molecule is Cc1cc(C(CN)CNC(=O)OC(C)(C)C)n[nH]1. The maximum Gasteiger partial charge on any atom is 0.407 e. The molecule has 1 rings (SSSR count). The molecule has 0 aliphatic heterocycles. The Balaban J connectivity index is 2.48. The van der Waals surface area contributed by atoms with E-state index >= 15 is 0 Å². The molecule has 0 spiro atoms. The summed E-state index contributed by atoms with van der Waals surface area (Å²) in [6, 6.07) is 1.92. The van der Waals surface area contributed by atoms with Gasteiger partial charge in [-0.05, 0) is 33.8 Å². The first-order valence-electron chi connectivity index (χ1n) is 6.00. The first kappa shape index (κ1) is 14.5. The summed E-state index contributed by atoms with van der Waals surface area (Å²) in [6.45, 7) is 8.22. The molecule has 6 nitrogen and oxygen atoms in total. The number of carbonyl (C=O) groups is 1. The summed E-state index contributed by atoms with van der Waals surface area (Å²) in [5.41, 5.74) is 7.01. The molecule has 6 heteroatoms. The molecule has 4 N–H and O–H groups in total. The summed E-state index contributed by atoms with van der Waals surface area (Å²) in [4.78, 5) is 11.5. The lowest BCUT2D eigenvalue weighted by molar-refractivity contribution is 0.0524. The highest BCUT2D eigenvalue weighted by atomic mass is 16.6. The van der Waals surface area contributed by atoms with Crippen molar-refractivity contribution in [2.75, 3.05) is 13.1 Å². The summed E-state index contributed by atoms with van der Waals surface area (Å²) >= 11 is 0. The second-order valence-electron chi connectivity index (χ2n) is 5.29. The van der Waals surface area contributed by atoms with Crippen molar-refractivity contribution >= 4 is 6.09 Å². The standard InChI is InChI=1S/C12H22N4O2/c1-8-5-10(16-15-8)9(6-13)7-14-11(17)18-12(2,3)4/h5,9H,6-7,13H2,1-4H3,(H,14,17)(H,15,16). The third-order valence-corrected chi connectivity index (χ3v) is 2.32. The lowest BCUT2D eigenvalue weighted by Gasteiger charge is -2.21. The summed E-state index contributed by atoms with van der Waals surface area (Å²) in [6.07, 6.45) is -0.437. The van der Waals surface area contributed by atoms with E-state index in [4.69, 9.17) is 10.5 Å². The topological polar surface area (TPSA) is 93.0 Å². The van der Waals surface area contributed by atoms with Crippen molar-refractivity contribution < 1.29 is 9.53 Å². The minimum Gasteiger partial charge on any atom is -0.444 e. The summed E-state index contributed by atoms with van der Waals surface area (Å²) in [5, 5.41) is 9.71. The molecule has 0 radical (unpaired) electrons. The zero-order valence-electron chi connectivity index (χ0n) is 11.4. The molecule has 0 bridgehead atoms. The second-order valence-corrected chi connectivity index (χ2v) is 5.29. The predicted molar refractivity (Wildman–Crippen MR) is 69.4 cm³/mol. The third kappa shape index (κ3) is 4.75. The zero-order valence-corrected chi connectivity index (χ0v) is 11.4. The van der Waals surface area contributed by atoms with Gasteiger partial charge in [0.1, 0.15) is 5.60 Å². The van der Waals surface area contributed by atoms with Gasteiger partial charge in [-0.2, -0.15) is 5.10 Å². The molecule has 102 valence electrons. The van der Waals surface area contributed by atoms with E-state index in [0.29, 0.717) is 13.1 Å². The number of amides is 1. The average Bonchev–Trinajstić information content (AvgIpc) is 2.63. The van der Waals surface area contributed by atoms with Crippen LogP contribution in [-0.4, -0.2) is 35.0 Å². The number of H-pyrrole nitrogens is 1.